The minimum absolute atomic E-state index is 0.0238. The first-order chi connectivity index (χ1) is 18.1. The van der Waals surface area contributed by atoms with Gasteiger partial charge in [0.05, 0.1) is 24.6 Å². The van der Waals surface area contributed by atoms with Crippen molar-refractivity contribution in [2.45, 2.75) is 65.7 Å². The molecule has 214 valence electrons. The number of alkyl halides is 3. The smallest absolute Gasteiger partial charge is 0.419 e. The fourth-order valence-corrected chi connectivity index (χ4v) is 4.34. The largest absolute Gasteiger partial charge is 0.466 e. The number of nitrogens with one attached hydrogen (secondary N) is 2. The molecule has 1 unspecified atom stereocenters. The van der Waals surface area contributed by atoms with E-state index in [2.05, 4.69) is 17.2 Å². The monoisotopic (exact) mass is 558 g/mol. The van der Waals surface area contributed by atoms with Gasteiger partial charge in [0.25, 0.3) is 0 Å². The second-order valence-electron chi connectivity index (χ2n) is 9.50. The molecule has 11 heteroatoms. The summed E-state index contributed by atoms with van der Waals surface area (Å²) in [5, 5.41) is 5.02. The number of esters is 1. The summed E-state index contributed by atoms with van der Waals surface area (Å²) in [4.78, 5) is 25.5. The quantitative estimate of drug-likeness (QED) is 0.239. The van der Waals surface area contributed by atoms with Crippen LogP contribution in [0.2, 0.25) is 0 Å². The zero-order chi connectivity index (χ0) is 29.7. The van der Waals surface area contributed by atoms with Crippen LogP contribution in [0.1, 0.15) is 61.9 Å². The van der Waals surface area contributed by atoms with Crippen molar-refractivity contribution in [2.24, 2.45) is 5.92 Å². The maximum absolute atomic E-state index is 16.1. The lowest BCUT2D eigenvalue weighted by Crippen LogP contribution is -2.45. The average Bonchev–Trinajstić information content (AvgIpc) is 2.81. The van der Waals surface area contributed by atoms with E-state index in [4.69, 9.17) is 4.74 Å². The minimum atomic E-state index is -5.28. The summed E-state index contributed by atoms with van der Waals surface area (Å²) in [5.74, 6) is -6.13. The molecular formula is C28H32F6N2O3. The number of carbonyl (C=O) groups excluding carboxylic acids is 2. The Labute approximate surface area is 223 Å². The van der Waals surface area contributed by atoms with Gasteiger partial charge in [0.2, 0.25) is 5.91 Å². The van der Waals surface area contributed by atoms with Crippen molar-refractivity contribution in [3.8, 4) is 11.1 Å². The van der Waals surface area contributed by atoms with Crippen LogP contribution in [0.25, 0.3) is 11.1 Å². The molecule has 0 aromatic heterocycles. The Balaban J connectivity index is 2.86. The van der Waals surface area contributed by atoms with Crippen LogP contribution >= 0.6 is 0 Å². The molecule has 0 aliphatic heterocycles. The lowest BCUT2D eigenvalue weighted by atomic mass is 9.89. The fourth-order valence-electron chi connectivity index (χ4n) is 4.34. The molecule has 2 aromatic carbocycles. The zero-order valence-electron chi connectivity index (χ0n) is 22.4. The Hall–Kier alpha value is -3.50. The van der Waals surface area contributed by atoms with Crippen LogP contribution in [0.5, 0.6) is 0 Å². The summed E-state index contributed by atoms with van der Waals surface area (Å²) in [5.41, 5.74) is -3.87. The molecule has 0 aliphatic carbocycles. The third-order valence-corrected chi connectivity index (χ3v) is 6.10. The summed E-state index contributed by atoms with van der Waals surface area (Å²) >= 11 is 0. The zero-order valence-corrected chi connectivity index (χ0v) is 22.4. The highest BCUT2D eigenvalue weighted by Crippen LogP contribution is 2.42. The number of halogens is 6. The van der Waals surface area contributed by atoms with Gasteiger partial charge < -0.3 is 15.4 Å². The van der Waals surface area contributed by atoms with Gasteiger partial charge >= 0.3 is 12.1 Å². The van der Waals surface area contributed by atoms with Gasteiger partial charge in [-0.25, -0.2) is 13.2 Å². The van der Waals surface area contributed by atoms with Gasteiger partial charge in [0, 0.05) is 11.1 Å². The van der Waals surface area contributed by atoms with E-state index < -0.39 is 70.7 Å². The van der Waals surface area contributed by atoms with Crippen LogP contribution in [0, 0.1) is 37.2 Å². The molecule has 0 radical (unpaired) electrons. The number of hydrogen-bond donors (Lipinski definition) is 2. The first kappa shape index (κ1) is 31.7. The molecule has 2 N–H and O–H groups in total. The molecule has 2 aromatic rings. The third kappa shape index (κ3) is 7.54. The van der Waals surface area contributed by atoms with Crippen LogP contribution in [0.4, 0.5) is 26.3 Å². The molecule has 2 atom stereocenters. The third-order valence-electron chi connectivity index (χ3n) is 6.10. The molecule has 0 saturated heterocycles. The van der Waals surface area contributed by atoms with Gasteiger partial charge in [0.15, 0.2) is 0 Å². The maximum atomic E-state index is 16.1. The lowest BCUT2D eigenvalue weighted by Gasteiger charge is -2.26. The minimum Gasteiger partial charge on any atom is -0.466 e. The van der Waals surface area contributed by atoms with Gasteiger partial charge in [-0.1, -0.05) is 26.5 Å². The second-order valence-corrected chi connectivity index (χ2v) is 9.50. The van der Waals surface area contributed by atoms with Crippen molar-refractivity contribution >= 4 is 11.9 Å². The van der Waals surface area contributed by atoms with Crippen molar-refractivity contribution in [2.75, 3.05) is 6.61 Å². The molecular weight excluding hydrogens is 526 g/mol. The van der Waals surface area contributed by atoms with E-state index in [1.54, 1.807) is 0 Å². The van der Waals surface area contributed by atoms with Crippen molar-refractivity contribution in [1.29, 1.82) is 0 Å². The maximum Gasteiger partial charge on any atom is 0.419 e. The molecule has 0 fully saturated rings. The highest BCUT2D eigenvalue weighted by molar-refractivity contribution is 5.83. The van der Waals surface area contributed by atoms with Gasteiger partial charge in [-0.3, -0.25) is 9.59 Å². The summed E-state index contributed by atoms with van der Waals surface area (Å²) in [7, 11) is 0. The fraction of sp³-hybridized carbons (Fsp3) is 0.429. The molecule has 0 heterocycles. The van der Waals surface area contributed by atoms with Crippen molar-refractivity contribution in [3.63, 3.8) is 0 Å². The topological polar surface area (TPSA) is 67.4 Å². The number of carbonyl (C=O) groups is 2. The van der Waals surface area contributed by atoms with Crippen LogP contribution in [-0.4, -0.2) is 24.5 Å². The highest BCUT2D eigenvalue weighted by Gasteiger charge is 2.40. The van der Waals surface area contributed by atoms with E-state index >= 15 is 8.78 Å². The summed E-state index contributed by atoms with van der Waals surface area (Å²) < 4.78 is 92.8. The molecule has 2 rings (SSSR count). The Morgan fingerprint density at radius 3 is 2.28 bits per heavy atom. The molecule has 0 spiro atoms. The SMILES string of the molecule is C=CNC(CC(C)C)C(=O)N[C@@H](CC(=O)OCC)c1c(F)c(-c2c(C)ccc(F)c2C)cc(C(F)(F)F)c1F. The molecule has 5 nitrogen and oxygen atoms in total. The normalized spacial score (nSPS) is 13.1. The second kappa shape index (κ2) is 13.0. The first-order valence-electron chi connectivity index (χ1n) is 12.3. The lowest BCUT2D eigenvalue weighted by molar-refractivity contribution is -0.144. The number of hydrogen-bond acceptors (Lipinski definition) is 4. The number of aryl methyl sites for hydroxylation is 1. The van der Waals surface area contributed by atoms with Gasteiger partial charge in [-0.15, -0.1) is 0 Å². The van der Waals surface area contributed by atoms with E-state index in [1.807, 2.05) is 13.8 Å². The molecule has 39 heavy (non-hydrogen) atoms. The highest BCUT2D eigenvalue weighted by atomic mass is 19.4. The van der Waals surface area contributed by atoms with Crippen LogP contribution in [0.15, 0.2) is 31.0 Å². The van der Waals surface area contributed by atoms with Crippen molar-refractivity contribution in [3.05, 3.63) is 70.7 Å². The Morgan fingerprint density at radius 1 is 1.10 bits per heavy atom. The van der Waals surface area contributed by atoms with Gasteiger partial charge in [0.1, 0.15) is 23.5 Å². The first-order valence-corrected chi connectivity index (χ1v) is 12.3. The van der Waals surface area contributed by atoms with Gasteiger partial charge in [-0.2, -0.15) is 13.2 Å². The summed E-state index contributed by atoms with van der Waals surface area (Å²) in [6, 6.07) is -0.244. The van der Waals surface area contributed by atoms with Crippen LogP contribution in [-0.2, 0) is 20.5 Å². The van der Waals surface area contributed by atoms with Crippen molar-refractivity contribution < 1.29 is 40.7 Å². The molecule has 0 aliphatic rings. The van der Waals surface area contributed by atoms with E-state index in [-0.39, 0.29) is 41.7 Å². The average molecular weight is 559 g/mol. The summed E-state index contributed by atoms with van der Waals surface area (Å²) in [6.45, 7) is 11.2. The molecule has 0 saturated carbocycles. The van der Waals surface area contributed by atoms with E-state index in [1.165, 1.54) is 33.0 Å². The number of ether oxygens (including phenoxy) is 1. The van der Waals surface area contributed by atoms with Crippen LogP contribution < -0.4 is 10.6 Å². The standard InChI is InChI=1S/C28H32F6N2O3/c1-7-35-21(11-14(3)4)27(38)36-20(13-22(37)39-8-2)24-25(30)17(12-18(26(24)31)28(32,33)34)23-15(5)9-10-19(29)16(23)6/h7,9-10,12,14,20-21,35H,1,8,11,13H2,2-6H3,(H,36,38)/t20-,21?/m0/s1. The Kier molecular flexibility index (Phi) is 10.6. The predicted molar refractivity (Wildman–Crippen MR) is 135 cm³/mol. The van der Waals surface area contributed by atoms with E-state index in [9.17, 15) is 27.2 Å². The Bertz CT molecular complexity index is 1230. The van der Waals surface area contributed by atoms with Gasteiger partial charge in [-0.05, 0) is 68.1 Å². The number of rotatable bonds is 11. The molecule has 1 amide bonds. The van der Waals surface area contributed by atoms with E-state index in [0.29, 0.717) is 0 Å². The number of benzene rings is 2. The van der Waals surface area contributed by atoms with Crippen LogP contribution in [0.3, 0.4) is 0 Å². The summed E-state index contributed by atoms with van der Waals surface area (Å²) in [6.07, 6.45) is -4.67. The molecule has 0 bridgehead atoms. The number of amides is 1. The predicted octanol–water partition coefficient (Wildman–Crippen LogP) is 6.66. The van der Waals surface area contributed by atoms with Crippen molar-refractivity contribution in [1.82, 2.24) is 10.6 Å². The van der Waals surface area contributed by atoms with E-state index in [0.717, 1.165) is 6.07 Å². The Morgan fingerprint density at radius 2 is 1.74 bits per heavy atom.